The number of rotatable bonds is 9. The van der Waals surface area contributed by atoms with Gasteiger partial charge < -0.3 is 19.5 Å². The van der Waals surface area contributed by atoms with E-state index in [2.05, 4.69) is 10.4 Å². The van der Waals surface area contributed by atoms with E-state index in [1.165, 1.54) is 38.5 Å². The Bertz CT molecular complexity index is 1320. The summed E-state index contributed by atoms with van der Waals surface area (Å²) in [7, 11) is 2.82. The number of carbonyl (C=O) groups is 1. The fourth-order valence-corrected chi connectivity index (χ4v) is 3.84. The molecule has 9 heteroatoms. The fraction of sp³-hybridized carbons (Fsp3) is 0.231. The molecule has 0 bridgehead atoms. The average Bonchev–Trinajstić information content (AvgIpc) is 3.26. The molecule has 2 atom stereocenters. The topological polar surface area (TPSA) is 74.6 Å². The van der Waals surface area contributed by atoms with Crippen LogP contribution in [0, 0.1) is 11.6 Å². The second-order valence-electron chi connectivity index (χ2n) is 7.98. The van der Waals surface area contributed by atoms with Crippen LogP contribution in [0.2, 0.25) is 0 Å². The van der Waals surface area contributed by atoms with Crippen LogP contribution in [-0.4, -0.2) is 42.6 Å². The van der Waals surface area contributed by atoms with Gasteiger partial charge in [-0.2, -0.15) is 5.10 Å². The molecule has 0 unspecified atom stereocenters. The Kier molecular flexibility index (Phi) is 7.26. The molecule has 1 N–H and O–H groups in total. The van der Waals surface area contributed by atoms with Gasteiger partial charge in [-0.25, -0.2) is 13.5 Å². The third-order valence-electron chi connectivity index (χ3n) is 5.50. The van der Waals surface area contributed by atoms with Crippen LogP contribution in [0.5, 0.6) is 11.5 Å². The highest BCUT2D eigenvalue weighted by Gasteiger charge is 2.25. The molecular formula is C26H25F2N3O4. The third-order valence-corrected chi connectivity index (χ3v) is 5.50. The van der Waals surface area contributed by atoms with E-state index in [1.54, 1.807) is 48.1 Å². The van der Waals surface area contributed by atoms with Gasteiger partial charge in [0.2, 0.25) is 5.91 Å². The number of aromatic nitrogens is 2. The summed E-state index contributed by atoms with van der Waals surface area (Å²) < 4.78 is 45.6. The van der Waals surface area contributed by atoms with Crippen molar-refractivity contribution in [2.75, 3.05) is 20.8 Å². The maximum atomic E-state index is 14.5. The monoisotopic (exact) mass is 481 g/mol. The molecule has 7 nitrogen and oxygen atoms in total. The van der Waals surface area contributed by atoms with Crippen molar-refractivity contribution in [3.05, 3.63) is 84.1 Å². The average molecular weight is 481 g/mol. The molecule has 0 fully saturated rings. The quantitative estimate of drug-likeness (QED) is 0.379. The van der Waals surface area contributed by atoms with Crippen molar-refractivity contribution in [1.29, 1.82) is 0 Å². The Labute approximate surface area is 201 Å². The van der Waals surface area contributed by atoms with Gasteiger partial charge in [0.15, 0.2) is 11.6 Å². The van der Waals surface area contributed by atoms with Gasteiger partial charge in [-0.1, -0.05) is 6.07 Å². The maximum absolute atomic E-state index is 14.5. The molecule has 0 saturated carbocycles. The zero-order valence-electron chi connectivity index (χ0n) is 19.5. The largest absolute Gasteiger partial charge is 0.494 e. The number of nitrogens with one attached hydrogen (secondary N) is 1. The van der Waals surface area contributed by atoms with Gasteiger partial charge >= 0.3 is 0 Å². The Hall–Kier alpha value is -3.98. The first-order valence-corrected chi connectivity index (χ1v) is 10.9. The molecule has 0 aliphatic carbocycles. The number of nitrogens with zero attached hydrogens (tertiary/aromatic N) is 2. The summed E-state index contributed by atoms with van der Waals surface area (Å²) in [6.07, 6.45) is 0.970. The summed E-state index contributed by atoms with van der Waals surface area (Å²) in [5.41, 5.74) is 2.05. The van der Waals surface area contributed by atoms with Crippen molar-refractivity contribution in [2.24, 2.45) is 0 Å². The fourth-order valence-electron chi connectivity index (χ4n) is 3.84. The van der Waals surface area contributed by atoms with Crippen LogP contribution in [0.15, 0.2) is 66.9 Å². The zero-order chi connectivity index (χ0) is 24.9. The van der Waals surface area contributed by atoms with Gasteiger partial charge in [-0.05, 0) is 67.1 Å². The number of hydrogen-bond donors (Lipinski definition) is 1. The van der Waals surface area contributed by atoms with E-state index in [9.17, 15) is 13.6 Å². The number of ether oxygens (including phenoxy) is 3. The lowest BCUT2D eigenvalue weighted by Gasteiger charge is -2.27. The molecule has 182 valence electrons. The highest BCUT2D eigenvalue weighted by Crippen LogP contribution is 2.31. The first-order chi connectivity index (χ1) is 16.9. The standard InChI is InChI=1S/C26H25F2N3O4/c1-16(30-25(32)15-33-2)26(17-4-11-24(34-3)22(28)13-17)35-21-9-10-23-18(12-21)14-29-31(23)20-7-5-19(27)6-8-20/h4-14,16,26H,15H2,1-3H3,(H,30,32)/t16-,26+/m0/s1. The van der Waals surface area contributed by atoms with Crippen LogP contribution in [0.1, 0.15) is 18.6 Å². The first kappa shape index (κ1) is 24.2. The lowest BCUT2D eigenvalue weighted by Crippen LogP contribution is -2.40. The molecule has 4 rings (SSSR count). The van der Waals surface area contributed by atoms with Crippen molar-refractivity contribution in [2.45, 2.75) is 19.1 Å². The minimum atomic E-state index is -0.708. The molecule has 1 aromatic heterocycles. The van der Waals surface area contributed by atoms with Gasteiger partial charge in [0.25, 0.3) is 0 Å². The number of methoxy groups -OCH3 is 2. The number of amides is 1. The maximum Gasteiger partial charge on any atom is 0.246 e. The SMILES string of the molecule is COCC(=O)N[C@@H](C)[C@@H](Oc1ccc2c(cnn2-c2ccc(F)cc2)c1)c1ccc(OC)c(F)c1. The molecule has 1 heterocycles. The molecule has 0 aliphatic rings. The zero-order valence-corrected chi connectivity index (χ0v) is 19.5. The first-order valence-electron chi connectivity index (χ1n) is 10.9. The molecule has 3 aromatic carbocycles. The van der Waals surface area contributed by atoms with Crippen molar-refractivity contribution in [3.8, 4) is 17.2 Å². The van der Waals surface area contributed by atoms with E-state index in [0.29, 0.717) is 11.3 Å². The Balaban J connectivity index is 1.65. The van der Waals surface area contributed by atoms with Crippen LogP contribution in [-0.2, 0) is 9.53 Å². The Morgan fingerprint density at radius 3 is 2.51 bits per heavy atom. The normalized spacial score (nSPS) is 12.8. The van der Waals surface area contributed by atoms with E-state index in [1.807, 2.05) is 6.07 Å². The van der Waals surface area contributed by atoms with E-state index in [-0.39, 0.29) is 24.1 Å². The molecule has 35 heavy (non-hydrogen) atoms. The number of benzene rings is 3. The molecule has 4 aromatic rings. The van der Waals surface area contributed by atoms with E-state index in [0.717, 1.165) is 16.6 Å². The van der Waals surface area contributed by atoms with Gasteiger partial charge in [0.05, 0.1) is 30.6 Å². The van der Waals surface area contributed by atoms with Crippen LogP contribution in [0.25, 0.3) is 16.6 Å². The number of fused-ring (bicyclic) bond motifs is 1. The lowest BCUT2D eigenvalue weighted by atomic mass is 10.0. The predicted molar refractivity (Wildman–Crippen MR) is 127 cm³/mol. The van der Waals surface area contributed by atoms with Gasteiger partial charge in [-0.3, -0.25) is 4.79 Å². The molecular weight excluding hydrogens is 456 g/mol. The molecule has 0 saturated heterocycles. The van der Waals surface area contributed by atoms with Gasteiger partial charge in [0.1, 0.15) is 24.3 Å². The summed E-state index contributed by atoms with van der Waals surface area (Å²) in [6, 6.07) is 15.5. The molecule has 0 aliphatic heterocycles. The molecule has 1 amide bonds. The van der Waals surface area contributed by atoms with E-state index in [4.69, 9.17) is 14.2 Å². The third kappa shape index (κ3) is 5.41. The predicted octanol–water partition coefficient (Wildman–Crippen LogP) is 4.58. The summed E-state index contributed by atoms with van der Waals surface area (Å²) in [5.74, 6) is -0.569. The van der Waals surface area contributed by atoms with Crippen LogP contribution in [0.4, 0.5) is 8.78 Å². The van der Waals surface area contributed by atoms with Crippen molar-refractivity contribution in [1.82, 2.24) is 15.1 Å². The van der Waals surface area contributed by atoms with Crippen LogP contribution >= 0.6 is 0 Å². The van der Waals surface area contributed by atoms with Crippen molar-refractivity contribution < 1.29 is 27.8 Å². The summed E-state index contributed by atoms with van der Waals surface area (Å²) in [4.78, 5) is 12.1. The molecule has 0 radical (unpaired) electrons. The summed E-state index contributed by atoms with van der Waals surface area (Å²) in [6.45, 7) is 1.66. The number of halogens is 2. The minimum absolute atomic E-state index is 0.109. The lowest BCUT2D eigenvalue weighted by molar-refractivity contribution is -0.126. The number of hydrogen-bond acceptors (Lipinski definition) is 5. The Morgan fingerprint density at radius 1 is 1.06 bits per heavy atom. The summed E-state index contributed by atoms with van der Waals surface area (Å²) >= 11 is 0. The van der Waals surface area contributed by atoms with Gasteiger partial charge in [0, 0.05) is 12.5 Å². The van der Waals surface area contributed by atoms with Crippen LogP contribution < -0.4 is 14.8 Å². The highest BCUT2D eigenvalue weighted by atomic mass is 19.1. The molecule has 0 spiro atoms. The van der Waals surface area contributed by atoms with E-state index >= 15 is 0 Å². The highest BCUT2D eigenvalue weighted by molar-refractivity contribution is 5.82. The van der Waals surface area contributed by atoms with Crippen molar-refractivity contribution >= 4 is 16.8 Å². The van der Waals surface area contributed by atoms with Gasteiger partial charge in [-0.15, -0.1) is 0 Å². The summed E-state index contributed by atoms with van der Waals surface area (Å²) in [5, 5.41) is 8.02. The minimum Gasteiger partial charge on any atom is -0.494 e. The van der Waals surface area contributed by atoms with Crippen LogP contribution in [0.3, 0.4) is 0 Å². The van der Waals surface area contributed by atoms with E-state index < -0.39 is 18.0 Å². The second-order valence-corrected chi connectivity index (χ2v) is 7.98. The smallest absolute Gasteiger partial charge is 0.246 e. The second kappa shape index (κ2) is 10.5. The number of carbonyl (C=O) groups excluding carboxylic acids is 1. The van der Waals surface area contributed by atoms with Crippen molar-refractivity contribution in [3.63, 3.8) is 0 Å². The Morgan fingerprint density at radius 2 is 1.83 bits per heavy atom.